The molecule has 3 nitrogen and oxygen atoms in total. The van der Waals surface area contributed by atoms with Gasteiger partial charge in [-0.2, -0.15) is 0 Å². The minimum Gasteiger partial charge on any atom is -0.369 e. The number of imidazole rings is 1. The van der Waals surface area contributed by atoms with E-state index in [0.717, 1.165) is 12.4 Å². The Balaban J connectivity index is 2.47. The van der Waals surface area contributed by atoms with Crippen molar-refractivity contribution in [3.05, 3.63) is 23.9 Å². The van der Waals surface area contributed by atoms with E-state index in [-0.39, 0.29) is 0 Å². The molecule has 0 unspecified atom stereocenters. The van der Waals surface area contributed by atoms with Gasteiger partial charge < -0.3 is 9.47 Å². The molecule has 2 heterocycles. The fourth-order valence-electron chi connectivity index (χ4n) is 1.22. The SMILES string of the molecule is CC1=Cn2ccnc2CN1C. The maximum Gasteiger partial charge on any atom is 0.132 e. The van der Waals surface area contributed by atoms with Crippen LogP contribution in [-0.4, -0.2) is 21.5 Å². The summed E-state index contributed by atoms with van der Waals surface area (Å²) < 4.78 is 2.06. The predicted molar refractivity (Wildman–Crippen MR) is 43.6 cm³/mol. The molecule has 0 atom stereocenters. The van der Waals surface area contributed by atoms with Gasteiger partial charge in [0.15, 0.2) is 0 Å². The maximum absolute atomic E-state index is 4.22. The van der Waals surface area contributed by atoms with Crippen LogP contribution in [0.4, 0.5) is 0 Å². The van der Waals surface area contributed by atoms with Gasteiger partial charge in [-0.15, -0.1) is 0 Å². The molecule has 0 spiro atoms. The highest BCUT2D eigenvalue weighted by Gasteiger charge is 2.10. The van der Waals surface area contributed by atoms with Crippen molar-refractivity contribution in [2.24, 2.45) is 0 Å². The van der Waals surface area contributed by atoms with Crippen LogP contribution in [0.25, 0.3) is 6.20 Å². The van der Waals surface area contributed by atoms with Crippen LogP contribution in [0.1, 0.15) is 12.7 Å². The second kappa shape index (κ2) is 2.12. The smallest absolute Gasteiger partial charge is 0.132 e. The van der Waals surface area contributed by atoms with E-state index < -0.39 is 0 Å². The summed E-state index contributed by atoms with van der Waals surface area (Å²) in [5.41, 5.74) is 1.27. The van der Waals surface area contributed by atoms with Gasteiger partial charge in [0.25, 0.3) is 0 Å². The van der Waals surface area contributed by atoms with E-state index in [1.807, 2.05) is 12.4 Å². The highest BCUT2D eigenvalue weighted by molar-refractivity contribution is 5.33. The average Bonchev–Trinajstić information content (AvgIpc) is 2.36. The molecule has 1 aromatic rings. The first-order valence-corrected chi connectivity index (χ1v) is 3.68. The summed E-state index contributed by atoms with van der Waals surface area (Å²) in [6.07, 6.45) is 5.90. The Kier molecular flexibility index (Phi) is 1.24. The molecule has 0 aromatic carbocycles. The van der Waals surface area contributed by atoms with Gasteiger partial charge in [-0.3, -0.25) is 0 Å². The number of fused-ring (bicyclic) bond motifs is 1. The third kappa shape index (κ3) is 0.926. The second-order valence-corrected chi connectivity index (χ2v) is 2.88. The van der Waals surface area contributed by atoms with Crippen molar-refractivity contribution < 1.29 is 0 Å². The van der Waals surface area contributed by atoms with E-state index in [9.17, 15) is 0 Å². The van der Waals surface area contributed by atoms with Crippen LogP contribution in [0.3, 0.4) is 0 Å². The number of hydrogen-bond donors (Lipinski definition) is 0. The van der Waals surface area contributed by atoms with Crippen molar-refractivity contribution in [3.63, 3.8) is 0 Å². The van der Waals surface area contributed by atoms with E-state index in [1.54, 1.807) is 0 Å². The molecule has 0 saturated heterocycles. The number of rotatable bonds is 0. The summed E-state index contributed by atoms with van der Waals surface area (Å²) in [7, 11) is 2.07. The Hall–Kier alpha value is -1.25. The summed E-state index contributed by atoms with van der Waals surface area (Å²) in [5.74, 6) is 1.11. The van der Waals surface area contributed by atoms with Crippen molar-refractivity contribution in [3.8, 4) is 0 Å². The van der Waals surface area contributed by atoms with Crippen LogP contribution in [0, 0.1) is 0 Å². The molecule has 2 rings (SSSR count). The Labute approximate surface area is 66.0 Å². The molecule has 1 aliphatic heterocycles. The molecular weight excluding hydrogens is 138 g/mol. The lowest BCUT2D eigenvalue weighted by molar-refractivity contribution is 0.388. The molecule has 3 heteroatoms. The molecule has 11 heavy (non-hydrogen) atoms. The lowest BCUT2D eigenvalue weighted by atomic mass is 10.3. The van der Waals surface area contributed by atoms with Crippen molar-refractivity contribution in [2.45, 2.75) is 13.5 Å². The molecule has 0 bridgehead atoms. The zero-order valence-corrected chi connectivity index (χ0v) is 6.78. The minimum absolute atomic E-state index is 0.912. The third-order valence-corrected chi connectivity index (χ3v) is 2.06. The fourth-order valence-corrected chi connectivity index (χ4v) is 1.22. The van der Waals surface area contributed by atoms with Crippen LogP contribution >= 0.6 is 0 Å². The summed E-state index contributed by atoms with van der Waals surface area (Å²) >= 11 is 0. The highest BCUT2D eigenvalue weighted by atomic mass is 15.2. The average molecular weight is 149 g/mol. The first-order valence-electron chi connectivity index (χ1n) is 3.68. The summed E-state index contributed by atoms with van der Waals surface area (Å²) in [5, 5.41) is 0. The molecule has 0 amide bonds. The van der Waals surface area contributed by atoms with Crippen molar-refractivity contribution >= 4 is 6.20 Å². The maximum atomic E-state index is 4.22. The number of hydrogen-bond acceptors (Lipinski definition) is 2. The number of allylic oxidation sites excluding steroid dienone is 1. The monoisotopic (exact) mass is 149 g/mol. The molecule has 0 N–H and O–H groups in total. The zero-order chi connectivity index (χ0) is 7.84. The second-order valence-electron chi connectivity index (χ2n) is 2.88. The van der Waals surface area contributed by atoms with Gasteiger partial charge in [0.05, 0.1) is 6.54 Å². The minimum atomic E-state index is 0.912. The third-order valence-electron chi connectivity index (χ3n) is 2.06. The van der Waals surface area contributed by atoms with E-state index in [1.165, 1.54) is 5.70 Å². The molecule has 0 aliphatic carbocycles. The van der Waals surface area contributed by atoms with E-state index in [4.69, 9.17) is 0 Å². The number of aromatic nitrogens is 2. The summed E-state index contributed by atoms with van der Waals surface area (Å²) in [4.78, 5) is 6.40. The van der Waals surface area contributed by atoms with Crippen molar-refractivity contribution in [2.75, 3.05) is 7.05 Å². The van der Waals surface area contributed by atoms with Gasteiger partial charge >= 0.3 is 0 Å². The van der Waals surface area contributed by atoms with Gasteiger partial charge in [-0.1, -0.05) is 0 Å². The quantitative estimate of drug-likeness (QED) is 0.551. The van der Waals surface area contributed by atoms with Crippen LogP contribution in [0.5, 0.6) is 0 Å². The number of nitrogens with zero attached hydrogens (tertiary/aromatic N) is 3. The molecule has 0 fully saturated rings. The van der Waals surface area contributed by atoms with Gasteiger partial charge in [-0.05, 0) is 6.92 Å². The molecule has 0 radical (unpaired) electrons. The van der Waals surface area contributed by atoms with Crippen LogP contribution in [-0.2, 0) is 6.54 Å². The standard InChI is InChI=1S/C8H11N3/c1-7-5-11-4-3-9-8(11)6-10(7)2/h3-5H,6H2,1-2H3. The predicted octanol–water partition coefficient (Wildman–Crippen LogP) is 1.15. The zero-order valence-electron chi connectivity index (χ0n) is 6.78. The lowest BCUT2D eigenvalue weighted by Crippen LogP contribution is -2.22. The molecular formula is C8H11N3. The summed E-state index contributed by atoms with van der Waals surface area (Å²) in [6.45, 7) is 3.01. The highest BCUT2D eigenvalue weighted by Crippen LogP contribution is 2.14. The topological polar surface area (TPSA) is 21.1 Å². The molecule has 1 aliphatic rings. The van der Waals surface area contributed by atoms with Crippen molar-refractivity contribution in [1.29, 1.82) is 0 Å². The fraction of sp³-hybridized carbons (Fsp3) is 0.375. The van der Waals surface area contributed by atoms with Gasteiger partial charge in [0.2, 0.25) is 0 Å². The Morgan fingerprint density at radius 2 is 2.36 bits per heavy atom. The van der Waals surface area contributed by atoms with Crippen LogP contribution in [0.15, 0.2) is 18.1 Å². The lowest BCUT2D eigenvalue weighted by Gasteiger charge is -2.23. The van der Waals surface area contributed by atoms with Crippen LogP contribution in [0.2, 0.25) is 0 Å². The van der Waals surface area contributed by atoms with E-state index in [0.29, 0.717) is 0 Å². The van der Waals surface area contributed by atoms with Gasteiger partial charge in [0.1, 0.15) is 5.82 Å². The van der Waals surface area contributed by atoms with Gasteiger partial charge in [-0.25, -0.2) is 4.98 Å². The first kappa shape index (κ1) is 6.46. The van der Waals surface area contributed by atoms with E-state index in [2.05, 4.69) is 34.6 Å². The largest absolute Gasteiger partial charge is 0.369 e. The molecule has 1 aromatic heterocycles. The van der Waals surface area contributed by atoms with Gasteiger partial charge in [0, 0.05) is 31.3 Å². The first-order chi connectivity index (χ1) is 5.27. The Bertz CT molecular complexity index is 298. The van der Waals surface area contributed by atoms with Crippen LogP contribution < -0.4 is 0 Å². The van der Waals surface area contributed by atoms with Crippen molar-refractivity contribution in [1.82, 2.24) is 14.5 Å². The summed E-state index contributed by atoms with van der Waals surface area (Å²) in [6, 6.07) is 0. The molecule has 58 valence electrons. The Morgan fingerprint density at radius 3 is 3.18 bits per heavy atom. The van der Waals surface area contributed by atoms with E-state index >= 15 is 0 Å². The Morgan fingerprint density at radius 1 is 1.55 bits per heavy atom. The molecule has 0 saturated carbocycles. The normalized spacial score (nSPS) is 16.2.